The van der Waals surface area contributed by atoms with Gasteiger partial charge in [0.05, 0.1) is 15.7 Å². The number of aryl methyl sites for hydroxylation is 2. The number of rotatable bonds is 6. The predicted octanol–water partition coefficient (Wildman–Crippen LogP) is 2.60. The van der Waals surface area contributed by atoms with Crippen LogP contribution in [0.4, 0.5) is 5.69 Å². The van der Waals surface area contributed by atoms with Crippen LogP contribution in [-0.4, -0.2) is 24.6 Å². The van der Waals surface area contributed by atoms with Crippen LogP contribution >= 0.6 is 11.8 Å². The van der Waals surface area contributed by atoms with Crippen molar-refractivity contribution in [2.24, 2.45) is 5.14 Å². The van der Waals surface area contributed by atoms with E-state index in [1.807, 2.05) is 13.0 Å². The molecule has 3 N–H and O–H groups in total. The summed E-state index contributed by atoms with van der Waals surface area (Å²) in [5.41, 5.74) is 3.09. The number of amides is 1. The highest BCUT2D eigenvalue weighted by Gasteiger charge is 2.23. The van der Waals surface area contributed by atoms with Crippen LogP contribution in [0.1, 0.15) is 36.6 Å². The van der Waals surface area contributed by atoms with Crippen molar-refractivity contribution in [2.75, 3.05) is 5.32 Å². The van der Waals surface area contributed by atoms with Crippen LogP contribution in [0.15, 0.2) is 40.3 Å². The molecule has 0 aliphatic heterocycles. The molecule has 0 saturated carbocycles. The monoisotopic (exact) mass is 416 g/mol. The van der Waals surface area contributed by atoms with Gasteiger partial charge in [-0.25, -0.2) is 18.5 Å². The van der Waals surface area contributed by atoms with E-state index in [0.717, 1.165) is 30.5 Å². The van der Waals surface area contributed by atoms with Crippen molar-refractivity contribution >= 4 is 33.4 Å². The average Bonchev–Trinajstić information content (AvgIpc) is 3.12. The first kappa shape index (κ1) is 20.3. The van der Waals surface area contributed by atoms with Gasteiger partial charge in [-0.3, -0.25) is 4.79 Å². The number of pyridine rings is 1. The van der Waals surface area contributed by atoms with Crippen molar-refractivity contribution in [1.82, 2.24) is 4.98 Å². The number of hydrogen-bond acceptors (Lipinski definition) is 6. The van der Waals surface area contributed by atoms with Gasteiger partial charge >= 0.3 is 0 Å². The second-order valence-electron chi connectivity index (χ2n) is 6.49. The molecule has 0 spiro atoms. The lowest BCUT2D eigenvalue weighted by molar-refractivity contribution is -0.115. The zero-order chi connectivity index (χ0) is 20.3. The van der Waals surface area contributed by atoms with Crippen LogP contribution in [0.2, 0.25) is 0 Å². The SMILES string of the molecule is CCC(Sc1nc2c(cc1C#N)CCC2)C(=O)Nc1ccc(S(N)(=O)=O)cc1. The van der Waals surface area contributed by atoms with Crippen molar-refractivity contribution < 1.29 is 13.2 Å². The largest absolute Gasteiger partial charge is 0.325 e. The van der Waals surface area contributed by atoms with E-state index in [0.29, 0.717) is 22.7 Å². The van der Waals surface area contributed by atoms with Crippen molar-refractivity contribution in [1.29, 1.82) is 5.26 Å². The molecule has 0 fully saturated rings. The maximum absolute atomic E-state index is 12.7. The summed E-state index contributed by atoms with van der Waals surface area (Å²) in [6.45, 7) is 1.89. The molecule has 146 valence electrons. The second-order valence-corrected chi connectivity index (χ2v) is 9.24. The molecule has 1 aliphatic rings. The smallest absolute Gasteiger partial charge is 0.238 e. The van der Waals surface area contributed by atoms with E-state index in [9.17, 15) is 18.5 Å². The number of nitrogens with zero attached hydrogens (tertiary/aromatic N) is 2. The lowest BCUT2D eigenvalue weighted by Crippen LogP contribution is -2.25. The number of nitrogens with one attached hydrogen (secondary N) is 1. The Morgan fingerprint density at radius 1 is 1.36 bits per heavy atom. The predicted molar refractivity (Wildman–Crippen MR) is 107 cm³/mol. The number of primary sulfonamides is 1. The highest BCUT2D eigenvalue weighted by Crippen LogP contribution is 2.31. The van der Waals surface area contributed by atoms with Crippen LogP contribution in [0, 0.1) is 11.3 Å². The Bertz CT molecular complexity index is 1040. The van der Waals surface area contributed by atoms with Crippen molar-refractivity contribution in [3.63, 3.8) is 0 Å². The Hall–Kier alpha value is -2.41. The Morgan fingerprint density at radius 2 is 2.07 bits per heavy atom. The molecule has 0 bridgehead atoms. The summed E-state index contributed by atoms with van der Waals surface area (Å²) in [4.78, 5) is 17.3. The van der Waals surface area contributed by atoms with Gasteiger partial charge in [0.15, 0.2) is 0 Å². The molecule has 1 unspecified atom stereocenters. The number of thioether (sulfide) groups is 1. The summed E-state index contributed by atoms with van der Waals surface area (Å²) < 4.78 is 22.6. The van der Waals surface area contributed by atoms with E-state index in [2.05, 4.69) is 16.4 Å². The summed E-state index contributed by atoms with van der Waals surface area (Å²) in [5, 5.41) is 17.4. The lowest BCUT2D eigenvalue weighted by Gasteiger charge is -2.16. The van der Waals surface area contributed by atoms with Gasteiger partial charge in [0, 0.05) is 11.4 Å². The van der Waals surface area contributed by atoms with E-state index in [1.165, 1.54) is 36.0 Å². The standard InChI is InChI=1S/C19H20N4O3S2/c1-2-17(18(24)22-14-6-8-15(9-7-14)28(21,25)26)27-19-13(11-20)10-12-4-3-5-16(12)23-19/h6-10,17H,2-5H2,1H3,(H,22,24)(H2,21,25,26). The fraction of sp³-hybridized carbons (Fsp3) is 0.316. The molecule has 1 atom stereocenters. The van der Waals surface area contributed by atoms with E-state index in [1.54, 1.807) is 0 Å². The highest BCUT2D eigenvalue weighted by molar-refractivity contribution is 8.00. The number of nitrogens with two attached hydrogens (primary N) is 1. The molecule has 28 heavy (non-hydrogen) atoms. The Kier molecular flexibility index (Phi) is 6.03. The van der Waals surface area contributed by atoms with Crippen molar-refractivity contribution in [2.45, 2.75) is 47.8 Å². The minimum atomic E-state index is -3.78. The number of anilines is 1. The topological polar surface area (TPSA) is 126 Å². The number of aromatic nitrogens is 1. The molecule has 2 aromatic rings. The van der Waals surface area contributed by atoms with Crippen LogP contribution < -0.4 is 10.5 Å². The normalized spacial score (nSPS) is 14.2. The highest BCUT2D eigenvalue weighted by atomic mass is 32.2. The zero-order valence-corrected chi connectivity index (χ0v) is 16.9. The van der Waals surface area contributed by atoms with Gasteiger partial charge in [-0.05, 0) is 61.6 Å². The summed E-state index contributed by atoms with van der Waals surface area (Å²) in [6.07, 6.45) is 3.42. The van der Waals surface area contributed by atoms with Gasteiger partial charge in [0.25, 0.3) is 0 Å². The molecule has 1 heterocycles. The quantitative estimate of drug-likeness (QED) is 0.697. The minimum absolute atomic E-state index is 0.0204. The van der Waals surface area contributed by atoms with Gasteiger partial charge in [0.2, 0.25) is 15.9 Å². The molecule has 1 aromatic carbocycles. The lowest BCUT2D eigenvalue weighted by atomic mass is 10.2. The molecule has 9 heteroatoms. The van der Waals surface area contributed by atoms with Gasteiger partial charge in [0.1, 0.15) is 11.1 Å². The Balaban J connectivity index is 1.75. The van der Waals surface area contributed by atoms with E-state index in [4.69, 9.17) is 5.14 Å². The molecule has 7 nitrogen and oxygen atoms in total. The van der Waals surface area contributed by atoms with Crippen LogP contribution in [0.5, 0.6) is 0 Å². The number of sulfonamides is 1. The van der Waals surface area contributed by atoms with Gasteiger partial charge in [-0.15, -0.1) is 0 Å². The van der Waals surface area contributed by atoms with E-state index < -0.39 is 15.3 Å². The number of carbonyl (C=O) groups is 1. The summed E-state index contributed by atoms with van der Waals surface area (Å²) in [5.74, 6) is -0.234. The fourth-order valence-electron chi connectivity index (χ4n) is 3.03. The second kappa shape index (κ2) is 8.31. The first-order valence-electron chi connectivity index (χ1n) is 8.85. The van der Waals surface area contributed by atoms with Gasteiger partial charge in [-0.2, -0.15) is 5.26 Å². The fourth-order valence-corrected chi connectivity index (χ4v) is 4.54. The molecule has 0 saturated heterocycles. The number of benzene rings is 1. The molecule has 1 amide bonds. The zero-order valence-electron chi connectivity index (χ0n) is 15.3. The van der Waals surface area contributed by atoms with Gasteiger partial charge in [-0.1, -0.05) is 18.7 Å². The van der Waals surface area contributed by atoms with E-state index in [-0.39, 0.29) is 10.8 Å². The molecule has 3 rings (SSSR count). The molecular weight excluding hydrogens is 396 g/mol. The minimum Gasteiger partial charge on any atom is -0.325 e. The van der Waals surface area contributed by atoms with Crippen LogP contribution in [-0.2, 0) is 27.7 Å². The van der Waals surface area contributed by atoms with Crippen molar-refractivity contribution in [3.8, 4) is 6.07 Å². The Labute approximate surface area is 168 Å². The summed E-state index contributed by atoms with van der Waals surface area (Å²) in [6, 6.07) is 9.73. The van der Waals surface area contributed by atoms with E-state index >= 15 is 0 Å². The third-order valence-electron chi connectivity index (χ3n) is 4.50. The maximum Gasteiger partial charge on any atom is 0.238 e. The maximum atomic E-state index is 12.7. The van der Waals surface area contributed by atoms with Crippen molar-refractivity contribution in [3.05, 3.63) is 47.2 Å². The first-order valence-corrected chi connectivity index (χ1v) is 11.3. The number of fused-ring (bicyclic) bond motifs is 1. The first-order chi connectivity index (χ1) is 13.3. The summed E-state index contributed by atoms with van der Waals surface area (Å²) in [7, 11) is -3.78. The molecule has 0 radical (unpaired) electrons. The Morgan fingerprint density at radius 3 is 2.68 bits per heavy atom. The number of nitriles is 1. The third kappa shape index (κ3) is 4.52. The molecular formula is C19H20N4O3S2. The van der Waals surface area contributed by atoms with Gasteiger partial charge < -0.3 is 5.32 Å². The molecule has 1 aliphatic carbocycles. The third-order valence-corrected chi connectivity index (χ3v) is 6.80. The number of carbonyl (C=O) groups excluding carboxylic acids is 1. The number of hydrogen-bond donors (Lipinski definition) is 2. The van der Waals surface area contributed by atoms with Crippen LogP contribution in [0.25, 0.3) is 0 Å². The summed E-state index contributed by atoms with van der Waals surface area (Å²) >= 11 is 1.28. The molecule has 1 aromatic heterocycles. The average molecular weight is 417 g/mol. The van der Waals surface area contributed by atoms with Crippen LogP contribution in [0.3, 0.4) is 0 Å².